The van der Waals surface area contributed by atoms with Crippen LogP contribution in [0, 0.1) is 0 Å². The van der Waals surface area contributed by atoms with Crippen LogP contribution in [0.15, 0.2) is 36.4 Å². The van der Waals surface area contributed by atoms with Crippen LogP contribution in [-0.2, 0) is 9.53 Å². The molecule has 2 aromatic rings. The lowest BCUT2D eigenvalue weighted by atomic mass is 9.94. The molecule has 0 amide bonds. The summed E-state index contributed by atoms with van der Waals surface area (Å²) in [6.07, 6.45) is 1.27. The molecular formula is C16H14N2O3. The van der Waals surface area contributed by atoms with Gasteiger partial charge in [0.15, 0.2) is 0 Å². The predicted octanol–water partition coefficient (Wildman–Crippen LogP) is 2.15. The Morgan fingerprint density at radius 2 is 1.71 bits per heavy atom. The van der Waals surface area contributed by atoms with Gasteiger partial charge in [-0.25, -0.2) is 9.59 Å². The Morgan fingerprint density at radius 3 is 2.33 bits per heavy atom. The molecule has 2 rings (SSSR count). The van der Waals surface area contributed by atoms with E-state index in [2.05, 4.69) is 0 Å². The normalized spacial score (nSPS) is 9.76. The number of nitrogens with two attached hydrogens (primary N) is 2. The molecule has 0 bridgehead atoms. The summed E-state index contributed by atoms with van der Waals surface area (Å²) in [5.41, 5.74) is 14.6. The minimum absolute atomic E-state index is 0.322. The number of ether oxygens (including phenoxy) is 1. The molecule has 0 fully saturated rings. The molecule has 0 saturated heterocycles. The summed E-state index contributed by atoms with van der Waals surface area (Å²) in [5.74, 6) is 1.22. The topological polar surface area (TPSA) is 95.4 Å². The first-order chi connectivity index (χ1) is 10.1. The van der Waals surface area contributed by atoms with Crippen LogP contribution < -0.4 is 11.5 Å². The van der Waals surface area contributed by atoms with Gasteiger partial charge in [0.2, 0.25) is 0 Å². The molecule has 0 aromatic heterocycles. The van der Waals surface area contributed by atoms with Crippen LogP contribution in [0.4, 0.5) is 11.4 Å². The summed E-state index contributed by atoms with van der Waals surface area (Å²) in [7, 11) is 1.30. The van der Waals surface area contributed by atoms with Gasteiger partial charge in [-0.15, -0.1) is 0 Å². The maximum atomic E-state index is 11.9. The second-order valence-corrected chi connectivity index (χ2v) is 4.41. The summed E-state index contributed by atoms with van der Waals surface area (Å²) >= 11 is 0. The molecule has 0 aliphatic heterocycles. The van der Waals surface area contributed by atoms with Gasteiger partial charge in [-0.1, -0.05) is 12.1 Å². The number of nitrogen functional groups attached to an aromatic ring is 2. The molecule has 106 valence electrons. The highest BCUT2D eigenvalue weighted by Gasteiger charge is 2.15. The minimum Gasteiger partial charge on any atom is -0.465 e. The highest BCUT2D eigenvalue weighted by Crippen LogP contribution is 2.31. The second-order valence-electron chi connectivity index (χ2n) is 4.41. The maximum Gasteiger partial charge on any atom is 0.338 e. The highest BCUT2D eigenvalue weighted by atomic mass is 16.5. The van der Waals surface area contributed by atoms with Gasteiger partial charge in [-0.05, 0) is 41.0 Å². The molecule has 4 N–H and O–H groups in total. The molecule has 0 aliphatic carbocycles. The van der Waals surface area contributed by atoms with Crippen molar-refractivity contribution in [2.24, 2.45) is 0 Å². The van der Waals surface area contributed by atoms with E-state index >= 15 is 0 Å². The number of hydrogen-bond acceptors (Lipinski definition) is 5. The van der Waals surface area contributed by atoms with Crippen molar-refractivity contribution >= 4 is 29.4 Å². The Kier molecular flexibility index (Phi) is 4.07. The fourth-order valence-corrected chi connectivity index (χ4v) is 2.08. The van der Waals surface area contributed by atoms with Gasteiger partial charge in [0.05, 0.1) is 12.7 Å². The zero-order valence-electron chi connectivity index (χ0n) is 11.4. The minimum atomic E-state index is -0.504. The summed E-state index contributed by atoms with van der Waals surface area (Å²) in [6, 6.07) is 9.97. The van der Waals surface area contributed by atoms with Gasteiger partial charge < -0.3 is 16.2 Å². The molecular weight excluding hydrogens is 268 g/mol. The fraction of sp³-hybridized carbons (Fsp3) is 0.0625. The Hall–Kier alpha value is -3.04. The van der Waals surface area contributed by atoms with Crippen LogP contribution >= 0.6 is 0 Å². The molecule has 0 spiro atoms. The van der Waals surface area contributed by atoms with Gasteiger partial charge in [-0.3, -0.25) is 0 Å². The van der Waals surface area contributed by atoms with Crippen LogP contribution in [0.2, 0.25) is 0 Å². The maximum absolute atomic E-state index is 11.9. The van der Waals surface area contributed by atoms with Gasteiger partial charge in [0.25, 0.3) is 0 Å². The van der Waals surface area contributed by atoms with Crippen LogP contribution in [0.5, 0.6) is 0 Å². The molecule has 21 heavy (non-hydrogen) atoms. The molecule has 5 heteroatoms. The van der Waals surface area contributed by atoms with Crippen molar-refractivity contribution in [3.8, 4) is 11.1 Å². The summed E-state index contributed by atoms with van der Waals surface area (Å²) < 4.78 is 4.77. The lowest BCUT2D eigenvalue weighted by molar-refractivity contribution is 0.0601. The van der Waals surface area contributed by atoms with E-state index < -0.39 is 5.97 Å². The Balaban J connectivity index is 2.72. The number of esters is 1. The van der Waals surface area contributed by atoms with Crippen molar-refractivity contribution in [2.75, 3.05) is 18.6 Å². The van der Waals surface area contributed by atoms with E-state index in [9.17, 15) is 9.59 Å². The zero-order valence-corrected chi connectivity index (χ0v) is 11.4. The Morgan fingerprint density at radius 1 is 1.10 bits per heavy atom. The van der Waals surface area contributed by atoms with E-state index in [1.165, 1.54) is 19.3 Å². The standard InChI is InChI=1S/C16H14N2O3/c1-21-16(20)15-9-12(18)3-5-14(15)13-4-2-11(17)8-10(13)6-7-19/h2-6,8-9H,17-18H2,1H3. The van der Waals surface area contributed by atoms with Crippen molar-refractivity contribution in [2.45, 2.75) is 0 Å². The number of carbonyl (C=O) groups is 1. The summed E-state index contributed by atoms with van der Waals surface area (Å²) in [5, 5.41) is 0. The molecule has 0 aliphatic rings. The number of benzene rings is 2. The van der Waals surface area contributed by atoms with E-state index in [1.54, 1.807) is 36.3 Å². The van der Waals surface area contributed by atoms with Gasteiger partial charge in [-0.2, -0.15) is 0 Å². The molecule has 0 unspecified atom stereocenters. The third-order valence-electron chi connectivity index (χ3n) is 3.03. The van der Waals surface area contributed by atoms with E-state index in [0.717, 1.165) is 0 Å². The third-order valence-corrected chi connectivity index (χ3v) is 3.03. The Labute approximate surface area is 121 Å². The zero-order chi connectivity index (χ0) is 15.4. The average molecular weight is 282 g/mol. The van der Waals surface area contributed by atoms with Crippen LogP contribution in [-0.4, -0.2) is 19.0 Å². The summed E-state index contributed by atoms with van der Waals surface area (Å²) in [4.78, 5) is 22.6. The smallest absolute Gasteiger partial charge is 0.338 e. The highest BCUT2D eigenvalue weighted by molar-refractivity contribution is 6.00. The quantitative estimate of drug-likeness (QED) is 0.511. The van der Waals surface area contributed by atoms with Crippen LogP contribution in [0.25, 0.3) is 17.2 Å². The molecule has 0 radical (unpaired) electrons. The lowest BCUT2D eigenvalue weighted by Gasteiger charge is -2.12. The van der Waals surface area contributed by atoms with E-state index in [0.29, 0.717) is 33.6 Å². The van der Waals surface area contributed by atoms with Crippen molar-refractivity contribution < 1.29 is 14.3 Å². The fourth-order valence-electron chi connectivity index (χ4n) is 2.08. The molecule has 0 saturated carbocycles. The second kappa shape index (κ2) is 5.94. The van der Waals surface area contributed by atoms with Crippen molar-refractivity contribution in [1.82, 2.24) is 0 Å². The number of methoxy groups -OCH3 is 1. The predicted molar refractivity (Wildman–Crippen MR) is 82.2 cm³/mol. The van der Waals surface area contributed by atoms with E-state index in [4.69, 9.17) is 16.2 Å². The number of carbonyl (C=O) groups excluding carboxylic acids is 2. The van der Waals surface area contributed by atoms with Crippen LogP contribution in [0.3, 0.4) is 0 Å². The van der Waals surface area contributed by atoms with Crippen LogP contribution in [0.1, 0.15) is 15.9 Å². The van der Waals surface area contributed by atoms with Crippen molar-refractivity contribution in [3.05, 3.63) is 47.5 Å². The molecule has 2 aromatic carbocycles. The third kappa shape index (κ3) is 2.94. The first-order valence-electron chi connectivity index (χ1n) is 6.15. The van der Waals surface area contributed by atoms with E-state index in [1.807, 2.05) is 0 Å². The van der Waals surface area contributed by atoms with Gasteiger partial charge in [0.1, 0.15) is 5.94 Å². The largest absolute Gasteiger partial charge is 0.465 e. The first-order valence-corrected chi connectivity index (χ1v) is 6.15. The van der Waals surface area contributed by atoms with E-state index in [-0.39, 0.29) is 0 Å². The number of anilines is 2. The van der Waals surface area contributed by atoms with Crippen molar-refractivity contribution in [1.29, 1.82) is 0 Å². The lowest BCUT2D eigenvalue weighted by Crippen LogP contribution is -2.05. The molecule has 5 nitrogen and oxygen atoms in total. The van der Waals surface area contributed by atoms with Gasteiger partial charge in [0, 0.05) is 17.5 Å². The number of hydrogen-bond donors (Lipinski definition) is 2. The van der Waals surface area contributed by atoms with Gasteiger partial charge >= 0.3 is 5.97 Å². The monoisotopic (exact) mass is 282 g/mol. The number of rotatable bonds is 3. The Bertz CT molecular complexity index is 747. The average Bonchev–Trinajstić information content (AvgIpc) is 2.47. The first kappa shape index (κ1) is 14.4. The van der Waals surface area contributed by atoms with Crippen molar-refractivity contribution in [3.63, 3.8) is 0 Å². The SMILES string of the molecule is COC(=O)c1cc(N)ccc1-c1ccc(N)cc1C=C=O. The molecule has 0 atom stereocenters. The molecule has 0 heterocycles. The summed E-state index contributed by atoms with van der Waals surface area (Å²) in [6.45, 7) is 0.